The zero-order valence-electron chi connectivity index (χ0n) is 12.7. The van der Waals surface area contributed by atoms with Gasteiger partial charge in [-0.3, -0.25) is 4.79 Å². The van der Waals surface area contributed by atoms with E-state index in [1.54, 1.807) is 7.05 Å². The number of hydrogen-bond donors (Lipinski definition) is 3. The highest BCUT2D eigenvalue weighted by Gasteiger charge is 2.41. The van der Waals surface area contributed by atoms with E-state index in [2.05, 4.69) is 17.6 Å². The topological polar surface area (TPSA) is 61.4 Å². The monoisotopic (exact) mass is 277 g/mol. The maximum Gasteiger partial charge on any atom is 0.245 e. The van der Waals surface area contributed by atoms with E-state index in [1.807, 2.05) is 51.1 Å². The van der Waals surface area contributed by atoms with Crippen molar-refractivity contribution >= 4 is 5.91 Å². The van der Waals surface area contributed by atoms with Gasteiger partial charge >= 0.3 is 0 Å². The number of carbonyl (C=O) groups is 1. The summed E-state index contributed by atoms with van der Waals surface area (Å²) in [5, 5.41) is 15.7. The van der Waals surface area contributed by atoms with Crippen LogP contribution in [0.5, 0.6) is 0 Å². The van der Waals surface area contributed by atoms with E-state index in [0.29, 0.717) is 0 Å². The molecule has 0 aliphatic carbocycles. The molecule has 4 nitrogen and oxygen atoms in total. The summed E-state index contributed by atoms with van der Waals surface area (Å²) in [6.45, 7) is 9.39. The Morgan fingerprint density at radius 1 is 1.30 bits per heavy atom. The van der Waals surface area contributed by atoms with Crippen molar-refractivity contribution in [3.63, 3.8) is 0 Å². The van der Waals surface area contributed by atoms with Crippen molar-refractivity contribution in [2.75, 3.05) is 7.05 Å². The molecule has 1 aromatic rings. The van der Waals surface area contributed by atoms with Gasteiger partial charge in [-0.1, -0.05) is 30.3 Å². The Hall–Kier alpha value is -1.39. The van der Waals surface area contributed by atoms with E-state index < -0.39 is 11.6 Å². The Bertz CT molecular complexity index is 438. The number of aliphatic hydroxyl groups excluding tert-OH is 1. The molecule has 0 saturated carbocycles. The molecule has 0 spiro atoms. The van der Waals surface area contributed by atoms with Gasteiger partial charge in [0.25, 0.3) is 0 Å². The number of amides is 1. The Morgan fingerprint density at radius 2 is 1.85 bits per heavy atom. The molecule has 1 aromatic carbocycles. The van der Waals surface area contributed by atoms with E-state index in [9.17, 15) is 9.90 Å². The fourth-order valence-electron chi connectivity index (χ4n) is 2.22. The summed E-state index contributed by atoms with van der Waals surface area (Å²) in [5.74, 6) is -0.165. The third-order valence-corrected chi connectivity index (χ3v) is 3.11. The van der Waals surface area contributed by atoms with Gasteiger partial charge in [0.15, 0.2) is 0 Å². The summed E-state index contributed by atoms with van der Waals surface area (Å²) >= 11 is 0. The predicted molar refractivity (Wildman–Crippen MR) is 81.1 cm³/mol. The van der Waals surface area contributed by atoms with Gasteiger partial charge in [0.2, 0.25) is 5.91 Å². The van der Waals surface area contributed by atoms with Gasteiger partial charge in [-0.05, 0) is 40.3 Å². The fourth-order valence-corrected chi connectivity index (χ4v) is 2.22. The average Bonchev–Trinajstić information content (AvgIpc) is 2.34. The Morgan fingerprint density at radius 3 is 2.25 bits per heavy atom. The van der Waals surface area contributed by atoms with E-state index in [-0.39, 0.29) is 17.9 Å². The number of hydrogen-bond acceptors (Lipinski definition) is 3. The molecule has 111 valence electrons. The van der Waals surface area contributed by atoms with E-state index in [1.165, 1.54) is 0 Å². The van der Waals surface area contributed by atoms with Crippen molar-refractivity contribution in [3.05, 3.63) is 42.8 Å². The van der Waals surface area contributed by atoms with Crippen LogP contribution in [0.4, 0.5) is 0 Å². The summed E-state index contributed by atoms with van der Waals surface area (Å²) in [5.41, 5.74) is -0.526. The number of aliphatic hydroxyl groups is 1. The van der Waals surface area contributed by atoms with Crippen molar-refractivity contribution in [3.8, 4) is 0 Å². The van der Waals surface area contributed by atoms with Crippen LogP contribution in [0.15, 0.2) is 30.3 Å². The first-order chi connectivity index (χ1) is 9.21. The van der Waals surface area contributed by atoms with Crippen molar-refractivity contribution in [2.24, 2.45) is 0 Å². The molecular weight excluding hydrogens is 252 g/mol. The maximum atomic E-state index is 12.7. The normalized spacial score (nSPS) is 16.3. The van der Waals surface area contributed by atoms with Crippen LogP contribution in [0, 0.1) is 6.92 Å². The minimum atomic E-state index is -0.990. The second-order valence-electron chi connectivity index (χ2n) is 6.08. The molecule has 0 fully saturated rings. The van der Waals surface area contributed by atoms with Gasteiger partial charge in [-0.25, -0.2) is 0 Å². The molecule has 0 aliphatic rings. The molecule has 2 atom stereocenters. The molecule has 4 heteroatoms. The zero-order valence-corrected chi connectivity index (χ0v) is 12.7. The quantitative estimate of drug-likeness (QED) is 0.766. The highest BCUT2D eigenvalue weighted by Crippen LogP contribution is 2.27. The molecule has 0 heterocycles. The van der Waals surface area contributed by atoms with Gasteiger partial charge in [0, 0.05) is 12.0 Å². The summed E-state index contributed by atoms with van der Waals surface area (Å²) in [4.78, 5) is 12.7. The number of benzene rings is 1. The summed E-state index contributed by atoms with van der Waals surface area (Å²) in [6, 6.07) is 9.40. The highest BCUT2D eigenvalue weighted by atomic mass is 16.3. The molecule has 2 unspecified atom stereocenters. The zero-order chi connectivity index (χ0) is 15.4. The number of carbonyl (C=O) groups excluding carboxylic acids is 1. The molecular formula is C16H25N2O2. The van der Waals surface area contributed by atoms with Crippen LogP contribution < -0.4 is 10.6 Å². The molecule has 0 saturated heterocycles. The second kappa shape index (κ2) is 6.37. The van der Waals surface area contributed by atoms with E-state index >= 15 is 0 Å². The summed E-state index contributed by atoms with van der Waals surface area (Å²) in [7, 11) is 1.72. The lowest BCUT2D eigenvalue weighted by atomic mass is 9.83. The summed E-state index contributed by atoms with van der Waals surface area (Å²) < 4.78 is 0. The average molecular weight is 277 g/mol. The Balaban J connectivity index is 3.22. The molecule has 0 aromatic heterocycles. The van der Waals surface area contributed by atoms with Crippen molar-refractivity contribution < 1.29 is 9.90 Å². The lowest BCUT2D eigenvalue weighted by Gasteiger charge is -2.36. The first-order valence-corrected chi connectivity index (χ1v) is 6.79. The second-order valence-corrected chi connectivity index (χ2v) is 6.08. The number of nitrogens with one attached hydrogen (secondary N) is 2. The first-order valence-electron chi connectivity index (χ1n) is 6.79. The number of rotatable bonds is 5. The highest BCUT2D eigenvalue weighted by molar-refractivity contribution is 5.88. The van der Waals surface area contributed by atoms with Crippen LogP contribution >= 0.6 is 0 Å². The van der Waals surface area contributed by atoms with Crippen molar-refractivity contribution in [1.29, 1.82) is 0 Å². The Kier molecular flexibility index (Phi) is 5.31. The fraction of sp³-hybridized carbons (Fsp3) is 0.500. The van der Waals surface area contributed by atoms with Crippen LogP contribution in [0.2, 0.25) is 0 Å². The lowest BCUT2D eigenvalue weighted by molar-refractivity contribution is -0.130. The van der Waals surface area contributed by atoms with Crippen LogP contribution in [0.25, 0.3) is 0 Å². The third kappa shape index (κ3) is 4.05. The predicted octanol–water partition coefficient (Wildman–Crippen LogP) is 1.60. The lowest BCUT2D eigenvalue weighted by Crippen LogP contribution is -2.58. The van der Waals surface area contributed by atoms with Gasteiger partial charge in [-0.15, -0.1) is 0 Å². The SMILES string of the molecule is [CH2]C(O)CC(NC)(C(=O)NC(C)(C)C)c1ccccc1. The molecule has 3 N–H and O–H groups in total. The van der Waals surface area contributed by atoms with Crippen LogP contribution in [-0.2, 0) is 10.3 Å². The van der Waals surface area contributed by atoms with Crippen LogP contribution in [0.1, 0.15) is 32.8 Å². The van der Waals surface area contributed by atoms with Gasteiger partial charge in [-0.2, -0.15) is 0 Å². The van der Waals surface area contributed by atoms with E-state index in [4.69, 9.17) is 0 Å². The molecule has 1 rings (SSSR count). The van der Waals surface area contributed by atoms with Crippen molar-refractivity contribution in [1.82, 2.24) is 10.6 Å². The summed E-state index contributed by atoms with van der Waals surface area (Å²) in [6.07, 6.45) is -0.636. The minimum Gasteiger partial charge on any atom is -0.393 e. The maximum absolute atomic E-state index is 12.7. The van der Waals surface area contributed by atoms with Gasteiger partial charge < -0.3 is 15.7 Å². The van der Waals surface area contributed by atoms with Crippen LogP contribution in [0.3, 0.4) is 0 Å². The number of likely N-dealkylation sites (N-methyl/N-ethyl adjacent to an activating group) is 1. The molecule has 0 bridgehead atoms. The molecule has 1 amide bonds. The first kappa shape index (κ1) is 16.7. The Labute approximate surface area is 121 Å². The smallest absolute Gasteiger partial charge is 0.245 e. The van der Waals surface area contributed by atoms with E-state index in [0.717, 1.165) is 5.56 Å². The van der Waals surface area contributed by atoms with Crippen molar-refractivity contribution in [2.45, 2.75) is 44.4 Å². The van der Waals surface area contributed by atoms with Crippen LogP contribution in [-0.4, -0.2) is 29.7 Å². The molecule has 1 radical (unpaired) electrons. The van der Waals surface area contributed by atoms with Gasteiger partial charge in [0.1, 0.15) is 5.54 Å². The minimum absolute atomic E-state index is 0.165. The molecule has 20 heavy (non-hydrogen) atoms. The standard InChI is InChI=1S/C16H25N2O2/c1-12(19)11-16(17-5,13-9-7-6-8-10-13)14(20)18-15(2,3)4/h6-10,12,17,19H,1,11H2,2-5H3,(H,18,20). The third-order valence-electron chi connectivity index (χ3n) is 3.11. The van der Waals surface area contributed by atoms with Gasteiger partial charge in [0.05, 0.1) is 6.10 Å². The largest absolute Gasteiger partial charge is 0.393 e. The molecule has 0 aliphatic heterocycles.